The Morgan fingerprint density at radius 3 is 2.80 bits per heavy atom. The molecule has 2 nitrogen and oxygen atoms in total. The number of nitrogens with one attached hydrogen (secondary N) is 1. The first-order chi connectivity index (χ1) is 7.43. The van der Waals surface area contributed by atoms with Gasteiger partial charge in [0.25, 0.3) is 0 Å². The molecule has 1 aromatic rings. The fraction of sp³-hybridized carbons (Fsp3) is 0.538. The van der Waals surface area contributed by atoms with Crippen molar-refractivity contribution in [2.75, 3.05) is 19.7 Å². The Labute approximate surface area is 90.6 Å². The van der Waals surface area contributed by atoms with Crippen molar-refractivity contribution in [1.82, 2.24) is 5.32 Å². The highest BCUT2D eigenvalue weighted by Gasteiger charge is 2.24. The Morgan fingerprint density at radius 2 is 2.07 bits per heavy atom. The molecule has 1 saturated carbocycles. The standard InChI is InChI=1S/C13H17NO/c1-2-11(10-4-5-10)8-12(3-1)13-9-14-6-7-15-13/h1-3,8,10,13-14H,4-7,9H2. The third-order valence-electron chi connectivity index (χ3n) is 3.26. The molecular weight excluding hydrogens is 186 g/mol. The van der Waals surface area contributed by atoms with Crippen molar-refractivity contribution in [1.29, 1.82) is 0 Å². The number of hydrogen-bond acceptors (Lipinski definition) is 2. The van der Waals surface area contributed by atoms with Crippen LogP contribution in [-0.2, 0) is 4.74 Å². The molecule has 3 rings (SSSR count). The zero-order valence-corrected chi connectivity index (χ0v) is 8.91. The van der Waals surface area contributed by atoms with Gasteiger partial charge in [-0.05, 0) is 29.9 Å². The van der Waals surface area contributed by atoms with E-state index in [1.54, 1.807) is 0 Å². The van der Waals surface area contributed by atoms with Gasteiger partial charge in [-0.25, -0.2) is 0 Å². The summed E-state index contributed by atoms with van der Waals surface area (Å²) in [7, 11) is 0. The number of rotatable bonds is 2. The Hall–Kier alpha value is -0.860. The van der Waals surface area contributed by atoms with Crippen LogP contribution in [0.5, 0.6) is 0 Å². The van der Waals surface area contributed by atoms with Crippen LogP contribution in [-0.4, -0.2) is 19.7 Å². The zero-order valence-electron chi connectivity index (χ0n) is 8.91. The quantitative estimate of drug-likeness (QED) is 0.795. The Bertz CT molecular complexity index is 340. The third-order valence-corrected chi connectivity index (χ3v) is 3.26. The Morgan fingerprint density at radius 1 is 1.20 bits per heavy atom. The minimum Gasteiger partial charge on any atom is -0.371 e. The van der Waals surface area contributed by atoms with Crippen molar-refractivity contribution in [3.63, 3.8) is 0 Å². The van der Waals surface area contributed by atoms with E-state index in [1.807, 2.05) is 0 Å². The second-order valence-electron chi connectivity index (χ2n) is 4.51. The summed E-state index contributed by atoms with van der Waals surface area (Å²) >= 11 is 0. The van der Waals surface area contributed by atoms with Crippen LogP contribution in [0.25, 0.3) is 0 Å². The lowest BCUT2D eigenvalue weighted by Gasteiger charge is -2.24. The first kappa shape index (κ1) is 9.37. The summed E-state index contributed by atoms with van der Waals surface area (Å²) < 4.78 is 5.76. The van der Waals surface area contributed by atoms with Crippen molar-refractivity contribution in [3.05, 3.63) is 35.4 Å². The molecule has 0 aromatic heterocycles. The van der Waals surface area contributed by atoms with E-state index < -0.39 is 0 Å². The fourth-order valence-electron chi connectivity index (χ4n) is 2.21. The number of benzene rings is 1. The highest BCUT2D eigenvalue weighted by molar-refractivity contribution is 5.30. The van der Waals surface area contributed by atoms with Gasteiger partial charge in [0.2, 0.25) is 0 Å². The molecule has 0 amide bonds. The van der Waals surface area contributed by atoms with Crippen LogP contribution in [0.1, 0.15) is 36.0 Å². The van der Waals surface area contributed by atoms with Gasteiger partial charge in [-0.3, -0.25) is 0 Å². The summed E-state index contributed by atoms with van der Waals surface area (Å²) in [5, 5.41) is 3.37. The Balaban J connectivity index is 1.80. The van der Waals surface area contributed by atoms with E-state index in [-0.39, 0.29) is 6.10 Å². The number of morpholine rings is 1. The van der Waals surface area contributed by atoms with E-state index in [4.69, 9.17) is 4.74 Å². The van der Waals surface area contributed by atoms with Crippen LogP contribution in [0.4, 0.5) is 0 Å². The molecule has 15 heavy (non-hydrogen) atoms. The molecule has 0 bridgehead atoms. The lowest BCUT2D eigenvalue weighted by atomic mass is 10.0. The van der Waals surface area contributed by atoms with Gasteiger partial charge in [0.15, 0.2) is 0 Å². The van der Waals surface area contributed by atoms with Gasteiger partial charge in [0, 0.05) is 13.1 Å². The summed E-state index contributed by atoms with van der Waals surface area (Å²) in [4.78, 5) is 0. The molecule has 1 N–H and O–H groups in total. The molecule has 1 aliphatic heterocycles. The first-order valence-corrected chi connectivity index (χ1v) is 5.85. The maximum atomic E-state index is 5.76. The number of hydrogen-bond donors (Lipinski definition) is 1. The maximum absolute atomic E-state index is 5.76. The fourth-order valence-corrected chi connectivity index (χ4v) is 2.21. The molecule has 0 radical (unpaired) electrons. The average molecular weight is 203 g/mol. The van der Waals surface area contributed by atoms with Crippen LogP contribution in [0.3, 0.4) is 0 Å². The molecule has 0 spiro atoms. The van der Waals surface area contributed by atoms with Crippen molar-refractivity contribution in [2.24, 2.45) is 0 Å². The topological polar surface area (TPSA) is 21.3 Å². The van der Waals surface area contributed by atoms with Crippen LogP contribution in [0, 0.1) is 0 Å². The molecule has 2 fully saturated rings. The molecule has 1 atom stereocenters. The van der Waals surface area contributed by atoms with E-state index in [2.05, 4.69) is 29.6 Å². The van der Waals surface area contributed by atoms with Gasteiger partial charge >= 0.3 is 0 Å². The minimum absolute atomic E-state index is 0.262. The molecule has 1 saturated heterocycles. The average Bonchev–Trinajstić information content (AvgIpc) is 3.14. The molecular formula is C13H17NO. The molecule has 2 aliphatic rings. The van der Waals surface area contributed by atoms with Crippen LogP contribution >= 0.6 is 0 Å². The lowest BCUT2D eigenvalue weighted by Crippen LogP contribution is -2.33. The van der Waals surface area contributed by atoms with Gasteiger partial charge < -0.3 is 10.1 Å². The van der Waals surface area contributed by atoms with E-state index in [0.29, 0.717) is 0 Å². The van der Waals surface area contributed by atoms with Crippen molar-refractivity contribution in [3.8, 4) is 0 Å². The first-order valence-electron chi connectivity index (χ1n) is 5.85. The van der Waals surface area contributed by atoms with Gasteiger partial charge in [-0.15, -0.1) is 0 Å². The summed E-state index contributed by atoms with van der Waals surface area (Å²) in [6.07, 6.45) is 3.00. The SMILES string of the molecule is c1cc(C2CC2)cc(C2CNCCO2)c1. The van der Waals surface area contributed by atoms with Gasteiger partial charge in [0.1, 0.15) is 0 Å². The maximum Gasteiger partial charge on any atom is 0.0949 e. The van der Waals surface area contributed by atoms with E-state index in [1.165, 1.54) is 24.0 Å². The summed E-state index contributed by atoms with van der Waals surface area (Å²) in [6, 6.07) is 8.93. The molecule has 80 valence electrons. The highest BCUT2D eigenvalue weighted by Crippen LogP contribution is 2.40. The van der Waals surface area contributed by atoms with E-state index in [9.17, 15) is 0 Å². The molecule has 1 unspecified atom stereocenters. The molecule has 1 aliphatic carbocycles. The van der Waals surface area contributed by atoms with Crippen molar-refractivity contribution < 1.29 is 4.74 Å². The normalized spacial score (nSPS) is 26.5. The largest absolute Gasteiger partial charge is 0.371 e. The second-order valence-corrected chi connectivity index (χ2v) is 4.51. The molecule has 1 aromatic carbocycles. The minimum atomic E-state index is 0.262. The predicted octanol–water partition coefficient (Wildman–Crippen LogP) is 2.22. The predicted molar refractivity (Wildman–Crippen MR) is 60.0 cm³/mol. The van der Waals surface area contributed by atoms with Gasteiger partial charge in [-0.1, -0.05) is 24.3 Å². The van der Waals surface area contributed by atoms with E-state index in [0.717, 1.165) is 25.6 Å². The van der Waals surface area contributed by atoms with E-state index >= 15 is 0 Å². The van der Waals surface area contributed by atoms with Crippen molar-refractivity contribution in [2.45, 2.75) is 24.9 Å². The lowest BCUT2D eigenvalue weighted by molar-refractivity contribution is 0.0276. The van der Waals surface area contributed by atoms with Crippen LogP contribution in [0.15, 0.2) is 24.3 Å². The molecule has 2 heteroatoms. The molecule has 1 heterocycles. The van der Waals surface area contributed by atoms with Gasteiger partial charge in [0.05, 0.1) is 12.7 Å². The smallest absolute Gasteiger partial charge is 0.0949 e. The third kappa shape index (κ3) is 2.06. The summed E-state index contributed by atoms with van der Waals surface area (Å²) in [5.74, 6) is 0.835. The van der Waals surface area contributed by atoms with Crippen LogP contribution < -0.4 is 5.32 Å². The number of ether oxygens (including phenoxy) is 1. The zero-order chi connectivity index (χ0) is 10.1. The summed E-state index contributed by atoms with van der Waals surface area (Å²) in [5.41, 5.74) is 2.84. The van der Waals surface area contributed by atoms with Crippen LogP contribution in [0.2, 0.25) is 0 Å². The Kier molecular flexibility index (Phi) is 2.47. The van der Waals surface area contributed by atoms with Crippen molar-refractivity contribution >= 4 is 0 Å². The summed E-state index contributed by atoms with van der Waals surface area (Å²) in [6.45, 7) is 2.77. The second kappa shape index (κ2) is 3.95. The van der Waals surface area contributed by atoms with Gasteiger partial charge in [-0.2, -0.15) is 0 Å². The monoisotopic (exact) mass is 203 g/mol. The highest BCUT2D eigenvalue weighted by atomic mass is 16.5.